The van der Waals surface area contributed by atoms with Gasteiger partial charge in [0.15, 0.2) is 11.5 Å². The number of amides is 1. The molecule has 2 heterocycles. The molecule has 1 aromatic heterocycles. The number of benzene rings is 3. The van der Waals surface area contributed by atoms with Gasteiger partial charge in [-0.05, 0) is 59.0 Å². The van der Waals surface area contributed by atoms with Crippen LogP contribution in [0.2, 0.25) is 0 Å². The third-order valence-electron chi connectivity index (χ3n) is 7.05. The highest BCUT2D eigenvalue weighted by Crippen LogP contribution is 2.35. The molecular weight excluding hydrogens is 592 g/mol. The summed E-state index contributed by atoms with van der Waals surface area (Å²) in [6.07, 6.45) is -2.51. The van der Waals surface area contributed by atoms with Crippen molar-refractivity contribution in [1.82, 2.24) is 9.62 Å². The molecule has 0 fully saturated rings. The molecule has 3 N–H and O–H groups in total. The first-order valence-electron chi connectivity index (χ1n) is 13.8. The molecule has 0 bridgehead atoms. The van der Waals surface area contributed by atoms with Gasteiger partial charge >= 0.3 is 6.09 Å². The fourth-order valence-electron chi connectivity index (χ4n) is 4.92. The van der Waals surface area contributed by atoms with Crippen LogP contribution in [0.1, 0.15) is 25.0 Å². The fourth-order valence-corrected chi connectivity index (χ4v) is 7.51. The Labute approximate surface area is 254 Å². The Morgan fingerprint density at radius 1 is 1.05 bits per heavy atom. The lowest BCUT2D eigenvalue weighted by Crippen LogP contribution is -2.50. The maximum absolute atomic E-state index is 13.6. The summed E-state index contributed by atoms with van der Waals surface area (Å²) < 4.78 is 46.3. The van der Waals surface area contributed by atoms with Crippen LogP contribution in [0.4, 0.5) is 4.79 Å². The van der Waals surface area contributed by atoms with Gasteiger partial charge in [-0.1, -0.05) is 44.2 Å². The standard InChI is InChI=1S/C31H34N2O8S2/c1-20(2)15-33(43(37,38)24-11-12-28-29(14-24)41-19-40-28)16-27(34)26(32-31(35)36)13-21-7-9-23(10-8-21)39-17-22-18-42-30-6-4-3-5-25(22)30/h3-12,14,18,20,26-27,32,34H,13,15-17,19H2,1-2H3,(H,35,36)/t26-,27+/m0/s1. The number of thiophene rings is 1. The molecule has 10 nitrogen and oxygen atoms in total. The molecule has 2 atom stereocenters. The SMILES string of the molecule is CC(C)CN(C[C@@H](O)[C@H](Cc1ccc(OCc2csc3ccccc23)cc1)NC(=O)O)S(=O)(=O)c1ccc2c(c1)OCO2. The van der Waals surface area contributed by atoms with Crippen molar-refractivity contribution in [2.24, 2.45) is 5.92 Å². The topological polar surface area (TPSA) is 135 Å². The molecule has 1 aliphatic rings. The fraction of sp³-hybridized carbons (Fsp3) is 0.323. The predicted molar refractivity (Wildman–Crippen MR) is 163 cm³/mol. The normalized spacial score (nSPS) is 14.3. The zero-order valence-electron chi connectivity index (χ0n) is 23.8. The van der Waals surface area contributed by atoms with Crippen molar-refractivity contribution in [3.63, 3.8) is 0 Å². The van der Waals surface area contributed by atoms with Crippen molar-refractivity contribution in [2.75, 3.05) is 19.9 Å². The summed E-state index contributed by atoms with van der Waals surface area (Å²) in [6, 6.07) is 18.7. The molecule has 0 spiro atoms. The number of sulfonamides is 1. The molecule has 3 aromatic carbocycles. The van der Waals surface area contributed by atoms with Crippen LogP contribution in [0.5, 0.6) is 17.2 Å². The van der Waals surface area contributed by atoms with Crippen molar-refractivity contribution in [3.8, 4) is 17.2 Å². The first kappa shape index (κ1) is 30.6. The zero-order chi connectivity index (χ0) is 30.6. The van der Waals surface area contributed by atoms with Crippen LogP contribution in [0.15, 0.2) is 77.0 Å². The van der Waals surface area contributed by atoms with E-state index in [2.05, 4.69) is 22.8 Å². The molecule has 228 valence electrons. The highest BCUT2D eigenvalue weighted by molar-refractivity contribution is 7.89. The van der Waals surface area contributed by atoms with E-state index in [0.29, 0.717) is 23.9 Å². The first-order chi connectivity index (χ1) is 20.6. The third kappa shape index (κ3) is 7.39. The molecule has 0 saturated heterocycles. The van der Waals surface area contributed by atoms with Crippen molar-refractivity contribution in [2.45, 2.75) is 43.9 Å². The minimum absolute atomic E-state index is 0.00150. The van der Waals surface area contributed by atoms with Gasteiger partial charge in [-0.3, -0.25) is 0 Å². The molecule has 43 heavy (non-hydrogen) atoms. The molecule has 0 aliphatic carbocycles. The van der Waals surface area contributed by atoms with Crippen LogP contribution in [-0.2, 0) is 23.1 Å². The van der Waals surface area contributed by atoms with Gasteiger partial charge in [-0.15, -0.1) is 11.3 Å². The van der Waals surface area contributed by atoms with Gasteiger partial charge in [0.05, 0.1) is 17.0 Å². The van der Waals surface area contributed by atoms with E-state index < -0.39 is 28.3 Å². The minimum atomic E-state index is -4.05. The molecule has 0 radical (unpaired) electrons. The van der Waals surface area contributed by atoms with Gasteiger partial charge in [0, 0.05) is 29.4 Å². The highest BCUT2D eigenvalue weighted by atomic mass is 32.2. The predicted octanol–water partition coefficient (Wildman–Crippen LogP) is 5.10. The second-order valence-corrected chi connectivity index (χ2v) is 13.6. The second-order valence-electron chi connectivity index (χ2n) is 10.7. The lowest BCUT2D eigenvalue weighted by atomic mass is 10.0. The van der Waals surface area contributed by atoms with E-state index in [1.807, 2.05) is 26.0 Å². The van der Waals surface area contributed by atoms with E-state index in [0.717, 1.165) is 16.5 Å². The van der Waals surface area contributed by atoms with Crippen molar-refractivity contribution in [1.29, 1.82) is 0 Å². The second kappa shape index (κ2) is 13.2. The maximum Gasteiger partial charge on any atom is 0.404 e. The molecule has 1 amide bonds. The number of nitrogens with one attached hydrogen (secondary N) is 1. The van der Waals surface area contributed by atoms with Crippen LogP contribution >= 0.6 is 11.3 Å². The monoisotopic (exact) mass is 626 g/mol. The largest absolute Gasteiger partial charge is 0.489 e. The Morgan fingerprint density at radius 3 is 2.53 bits per heavy atom. The summed E-state index contributed by atoms with van der Waals surface area (Å²) in [4.78, 5) is 11.6. The Balaban J connectivity index is 1.27. The molecule has 1 aliphatic heterocycles. The van der Waals surface area contributed by atoms with E-state index in [1.165, 1.54) is 27.2 Å². The van der Waals surface area contributed by atoms with E-state index in [9.17, 15) is 23.4 Å². The van der Waals surface area contributed by atoms with E-state index in [-0.39, 0.29) is 37.1 Å². The summed E-state index contributed by atoms with van der Waals surface area (Å²) in [7, 11) is -4.05. The Hall–Kier alpha value is -3.84. The average Bonchev–Trinajstić information content (AvgIpc) is 3.62. The number of carboxylic acid groups (broad SMARTS) is 1. The van der Waals surface area contributed by atoms with Gasteiger partial charge in [0.1, 0.15) is 12.4 Å². The first-order valence-corrected chi connectivity index (χ1v) is 16.2. The Bertz CT molecular complexity index is 1670. The van der Waals surface area contributed by atoms with Crippen molar-refractivity contribution >= 4 is 37.5 Å². The van der Waals surface area contributed by atoms with Crippen LogP contribution in [0.3, 0.4) is 0 Å². The summed E-state index contributed by atoms with van der Waals surface area (Å²) in [5.41, 5.74) is 1.85. The molecule has 12 heteroatoms. The van der Waals surface area contributed by atoms with Gasteiger partial charge < -0.3 is 29.7 Å². The van der Waals surface area contributed by atoms with Crippen molar-refractivity contribution in [3.05, 3.63) is 83.2 Å². The number of aliphatic hydroxyl groups excluding tert-OH is 1. The van der Waals surface area contributed by atoms with Gasteiger partial charge in [-0.25, -0.2) is 13.2 Å². The van der Waals surface area contributed by atoms with E-state index in [4.69, 9.17) is 14.2 Å². The molecule has 0 saturated carbocycles. The lowest BCUT2D eigenvalue weighted by molar-refractivity contribution is 0.0980. The average molecular weight is 627 g/mol. The number of nitrogens with zero attached hydrogens (tertiary/aromatic N) is 1. The minimum Gasteiger partial charge on any atom is -0.489 e. The number of ether oxygens (including phenoxy) is 3. The van der Waals surface area contributed by atoms with Gasteiger partial charge in [0.25, 0.3) is 0 Å². The number of rotatable bonds is 13. The zero-order valence-corrected chi connectivity index (χ0v) is 25.4. The lowest BCUT2D eigenvalue weighted by Gasteiger charge is -2.30. The van der Waals surface area contributed by atoms with E-state index >= 15 is 0 Å². The summed E-state index contributed by atoms with van der Waals surface area (Å²) in [6.45, 7) is 3.97. The van der Waals surface area contributed by atoms with Gasteiger partial charge in [-0.2, -0.15) is 4.31 Å². The van der Waals surface area contributed by atoms with Crippen molar-refractivity contribution < 1.29 is 37.6 Å². The summed E-state index contributed by atoms with van der Waals surface area (Å²) in [5, 5.41) is 26.3. The third-order valence-corrected chi connectivity index (χ3v) is 9.89. The van der Waals surface area contributed by atoms with Crippen LogP contribution in [-0.4, -0.2) is 61.1 Å². The van der Waals surface area contributed by atoms with Crippen LogP contribution < -0.4 is 19.5 Å². The summed E-state index contributed by atoms with van der Waals surface area (Å²) >= 11 is 1.67. The Morgan fingerprint density at radius 2 is 1.79 bits per heavy atom. The van der Waals surface area contributed by atoms with Crippen LogP contribution in [0.25, 0.3) is 10.1 Å². The highest BCUT2D eigenvalue weighted by Gasteiger charge is 2.32. The number of aliphatic hydroxyl groups is 1. The van der Waals surface area contributed by atoms with Crippen LogP contribution in [0, 0.1) is 5.92 Å². The number of hydrogen-bond donors (Lipinski definition) is 3. The van der Waals surface area contributed by atoms with Gasteiger partial charge in [0.2, 0.25) is 16.8 Å². The van der Waals surface area contributed by atoms with E-state index in [1.54, 1.807) is 35.6 Å². The molecule has 4 aromatic rings. The number of hydrogen-bond acceptors (Lipinski definition) is 8. The summed E-state index contributed by atoms with van der Waals surface area (Å²) in [5.74, 6) is 1.38. The maximum atomic E-state index is 13.6. The smallest absolute Gasteiger partial charge is 0.404 e. The Kier molecular flexibility index (Phi) is 9.40. The quantitative estimate of drug-likeness (QED) is 0.187. The molecule has 5 rings (SSSR count). The molecular formula is C31H34N2O8S2. The molecule has 0 unspecified atom stereocenters. The number of fused-ring (bicyclic) bond motifs is 2. The number of carbonyl (C=O) groups is 1.